The fourth-order valence-electron chi connectivity index (χ4n) is 0.931. The van der Waals surface area contributed by atoms with Gasteiger partial charge in [-0.3, -0.25) is 4.79 Å². The topological polar surface area (TPSA) is 78.4 Å². The first-order valence-electron chi connectivity index (χ1n) is 4.21. The number of anilines is 1. The summed E-state index contributed by atoms with van der Waals surface area (Å²) in [7, 11) is 0. The second kappa shape index (κ2) is 5.58. The van der Waals surface area contributed by atoms with Crippen molar-refractivity contribution in [1.82, 2.24) is 5.32 Å². The first kappa shape index (κ1) is 12.6. The maximum Gasteiger partial charge on any atom is 0.323 e. The van der Waals surface area contributed by atoms with Crippen molar-refractivity contribution >= 4 is 40.9 Å². The van der Waals surface area contributed by atoms with Crippen LogP contribution in [-0.2, 0) is 4.79 Å². The number of hydrogen-bond donors (Lipinski definition) is 3. The van der Waals surface area contributed by atoms with Crippen molar-refractivity contribution in [2.24, 2.45) is 0 Å². The zero-order chi connectivity index (χ0) is 12.1. The van der Waals surface area contributed by atoms with Crippen LogP contribution in [0.4, 0.5) is 10.5 Å². The fourth-order valence-corrected chi connectivity index (χ4v) is 1.42. The van der Waals surface area contributed by atoms with E-state index in [4.69, 9.17) is 28.3 Å². The normalized spacial score (nSPS) is 9.62. The van der Waals surface area contributed by atoms with Crippen molar-refractivity contribution in [2.75, 3.05) is 11.9 Å². The minimum atomic E-state index is -1.14. The summed E-state index contributed by atoms with van der Waals surface area (Å²) in [4.78, 5) is 21.4. The number of carbonyl (C=O) groups is 2. The van der Waals surface area contributed by atoms with E-state index in [9.17, 15) is 9.59 Å². The van der Waals surface area contributed by atoms with E-state index in [1.165, 1.54) is 0 Å². The quantitative estimate of drug-likeness (QED) is 0.782. The Kier molecular flexibility index (Phi) is 4.39. The number of carboxylic acid groups (broad SMARTS) is 1. The van der Waals surface area contributed by atoms with Crippen molar-refractivity contribution in [1.29, 1.82) is 0 Å². The van der Waals surface area contributed by atoms with Crippen LogP contribution >= 0.6 is 23.2 Å². The summed E-state index contributed by atoms with van der Waals surface area (Å²) >= 11 is 11.6. The predicted octanol–water partition coefficient (Wildman–Crippen LogP) is 2.20. The lowest BCUT2D eigenvalue weighted by Gasteiger charge is -2.09. The number of urea groups is 1. The third-order valence-electron chi connectivity index (χ3n) is 1.60. The van der Waals surface area contributed by atoms with Gasteiger partial charge in [-0.1, -0.05) is 29.3 Å². The Labute approximate surface area is 101 Å². The van der Waals surface area contributed by atoms with E-state index in [1.807, 2.05) is 0 Å². The molecule has 0 aliphatic heterocycles. The molecule has 0 saturated carbocycles. The summed E-state index contributed by atoms with van der Waals surface area (Å²) in [5.41, 5.74) is 0.244. The Morgan fingerprint density at radius 2 is 1.81 bits per heavy atom. The molecule has 7 heteroatoms. The molecule has 1 rings (SSSR count). The zero-order valence-electron chi connectivity index (χ0n) is 7.96. The summed E-state index contributed by atoms with van der Waals surface area (Å²) in [6, 6.07) is 4.06. The molecular formula is C9H8Cl2N2O3. The SMILES string of the molecule is O=C(O)CNC(=O)Nc1c(Cl)cccc1Cl. The Morgan fingerprint density at radius 3 is 2.31 bits per heavy atom. The molecule has 1 aromatic rings. The van der Waals surface area contributed by atoms with Gasteiger partial charge in [-0.25, -0.2) is 4.79 Å². The number of aliphatic carboxylic acids is 1. The number of nitrogens with one attached hydrogen (secondary N) is 2. The number of halogens is 2. The van der Waals surface area contributed by atoms with Gasteiger partial charge in [0, 0.05) is 0 Å². The van der Waals surface area contributed by atoms with Gasteiger partial charge < -0.3 is 15.7 Å². The number of carbonyl (C=O) groups excluding carboxylic acids is 1. The molecular weight excluding hydrogens is 255 g/mol. The van der Waals surface area contributed by atoms with Crippen molar-refractivity contribution in [2.45, 2.75) is 0 Å². The first-order chi connectivity index (χ1) is 7.50. The van der Waals surface area contributed by atoms with Gasteiger partial charge in [0.25, 0.3) is 0 Å². The van der Waals surface area contributed by atoms with Crippen molar-refractivity contribution < 1.29 is 14.7 Å². The molecule has 0 heterocycles. The number of carboxylic acids is 1. The minimum absolute atomic E-state index is 0.244. The molecule has 0 atom stereocenters. The van der Waals surface area contributed by atoms with Gasteiger partial charge in [-0.2, -0.15) is 0 Å². The second-order valence-corrected chi connectivity index (χ2v) is 3.61. The number of amides is 2. The Balaban J connectivity index is 2.66. The highest BCUT2D eigenvalue weighted by atomic mass is 35.5. The monoisotopic (exact) mass is 262 g/mol. The van der Waals surface area contributed by atoms with Gasteiger partial charge in [-0.15, -0.1) is 0 Å². The molecule has 5 nitrogen and oxygen atoms in total. The van der Waals surface area contributed by atoms with Crippen LogP contribution in [0.15, 0.2) is 18.2 Å². The number of para-hydroxylation sites is 1. The Hall–Kier alpha value is -1.46. The van der Waals surface area contributed by atoms with E-state index < -0.39 is 18.5 Å². The molecule has 86 valence electrons. The molecule has 0 aliphatic carbocycles. The third kappa shape index (κ3) is 3.60. The fraction of sp³-hybridized carbons (Fsp3) is 0.111. The van der Waals surface area contributed by atoms with Crippen LogP contribution in [0.25, 0.3) is 0 Å². The predicted molar refractivity (Wildman–Crippen MR) is 61.1 cm³/mol. The average molecular weight is 263 g/mol. The summed E-state index contributed by atoms with van der Waals surface area (Å²) < 4.78 is 0. The van der Waals surface area contributed by atoms with Crippen molar-refractivity contribution in [3.8, 4) is 0 Å². The van der Waals surface area contributed by atoms with Crippen LogP contribution in [0.2, 0.25) is 10.0 Å². The standard InChI is InChI=1S/C9H8Cl2N2O3/c10-5-2-1-3-6(11)8(5)13-9(16)12-4-7(14)15/h1-3H,4H2,(H,14,15)(H2,12,13,16). The maximum atomic E-state index is 11.2. The van der Waals surface area contributed by atoms with Gasteiger partial charge in [-0.05, 0) is 12.1 Å². The summed E-state index contributed by atoms with van der Waals surface area (Å²) in [6.45, 7) is -0.478. The lowest BCUT2D eigenvalue weighted by atomic mass is 10.3. The average Bonchev–Trinajstić information content (AvgIpc) is 2.21. The van der Waals surface area contributed by atoms with Crippen molar-refractivity contribution in [3.63, 3.8) is 0 Å². The molecule has 3 N–H and O–H groups in total. The van der Waals surface area contributed by atoms with Crippen LogP contribution in [0.5, 0.6) is 0 Å². The summed E-state index contributed by atoms with van der Waals surface area (Å²) in [6.07, 6.45) is 0. The highest BCUT2D eigenvalue weighted by molar-refractivity contribution is 6.39. The molecule has 0 spiro atoms. The third-order valence-corrected chi connectivity index (χ3v) is 2.23. The summed E-state index contributed by atoms with van der Waals surface area (Å²) in [5.74, 6) is -1.14. The molecule has 0 unspecified atom stereocenters. The highest BCUT2D eigenvalue weighted by Gasteiger charge is 2.09. The van der Waals surface area contributed by atoms with Crippen LogP contribution in [0, 0.1) is 0 Å². The molecule has 0 saturated heterocycles. The van der Waals surface area contributed by atoms with Gasteiger partial charge in [0.2, 0.25) is 0 Å². The molecule has 1 aromatic carbocycles. The van der Waals surface area contributed by atoms with Gasteiger partial charge >= 0.3 is 12.0 Å². The highest BCUT2D eigenvalue weighted by Crippen LogP contribution is 2.29. The number of rotatable bonds is 3. The Morgan fingerprint density at radius 1 is 1.25 bits per heavy atom. The maximum absolute atomic E-state index is 11.2. The number of hydrogen-bond acceptors (Lipinski definition) is 2. The van der Waals surface area contributed by atoms with E-state index in [0.29, 0.717) is 0 Å². The molecule has 0 fully saturated rings. The van der Waals surface area contributed by atoms with E-state index in [-0.39, 0.29) is 15.7 Å². The first-order valence-corrected chi connectivity index (χ1v) is 4.97. The minimum Gasteiger partial charge on any atom is -0.480 e. The molecule has 16 heavy (non-hydrogen) atoms. The van der Waals surface area contributed by atoms with Gasteiger partial charge in [0.15, 0.2) is 0 Å². The van der Waals surface area contributed by atoms with E-state index in [2.05, 4.69) is 10.6 Å². The van der Waals surface area contributed by atoms with E-state index in [1.54, 1.807) is 18.2 Å². The number of benzene rings is 1. The lowest BCUT2D eigenvalue weighted by Crippen LogP contribution is -2.33. The lowest BCUT2D eigenvalue weighted by molar-refractivity contribution is -0.135. The molecule has 0 bridgehead atoms. The molecule has 2 amide bonds. The molecule has 0 aromatic heterocycles. The van der Waals surface area contributed by atoms with E-state index in [0.717, 1.165) is 0 Å². The van der Waals surface area contributed by atoms with Crippen LogP contribution in [0.1, 0.15) is 0 Å². The molecule has 0 radical (unpaired) electrons. The van der Waals surface area contributed by atoms with Crippen LogP contribution in [-0.4, -0.2) is 23.7 Å². The smallest absolute Gasteiger partial charge is 0.323 e. The largest absolute Gasteiger partial charge is 0.480 e. The summed E-state index contributed by atoms with van der Waals surface area (Å²) in [5, 5.41) is 13.4. The second-order valence-electron chi connectivity index (χ2n) is 2.80. The van der Waals surface area contributed by atoms with Crippen LogP contribution in [0.3, 0.4) is 0 Å². The molecule has 0 aliphatic rings. The van der Waals surface area contributed by atoms with E-state index >= 15 is 0 Å². The Bertz CT molecular complexity index is 403. The van der Waals surface area contributed by atoms with Gasteiger partial charge in [0.1, 0.15) is 6.54 Å². The zero-order valence-corrected chi connectivity index (χ0v) is 9.47. The van der Waals surface area contributed by atoms with Gasteiger partial charge in [0.05, 0.1) is 15.7 Å². The van der Waals surface area contributed by atoms with Crippen LogP contribution < -0.4 is 10.6 Å². The van der Waals surface area contributed by atoms with Crippen molar-refractivity contribution in [3.05, 3.63) is 28.2 Å².